The van der Waals surface area contributed by atoms with Crippen LogP contribution in [0, 0.1) is 12.3 Å². The van der Waals surface area contributed by atoms with Crippen molar-refractivity contribution in [3.8, 4) is 5.75 Å². The smallest absolute Gasteiger partial charge is 0.406 e. The van der Waals surface area contributed by atoms with Crippen LogP contribution in [-0.2, 0) is 16.1 Å². The summed E-state index contributed by atoms with van der Waals surface area (Å²) in [6, 6.07) is 18.5. The molecule has 0 fully saturated rings. The Hall–Kier alpha value is -4.97. The number of benzene rings is 3. The molecule has 0 saturated carbocycles. The lowest BCUT2D eigenvalue weighted by Crippen LogP contribution is -2.36. The number of rotatable bonds is 8. The van der Waals surface area contributed by atoms with Crippen molar-refractivity contribution in [3.63, 3.8) is 0 Å². The van der Waals surface area contributed by atoms with Gasteiger partial charge in [0.05, 0.1) is 4.53 Å². The standard InChI is InChI=1S/C33H30F3N3O5S/c1-20-8-10-22(11-9-20)30(42)38-24-7-5-6-21(16-24)17-26-31(43)39(29(45-26)18-27(40)32(2,3)4)19-28(41)37-23-12-14-25(15-13-23)44-33(34,35)36/h5-18H,19H2,1-4H3,(H,37,41)(H,38,42). The minimum absolute atomic E-state index is 0.186. The normalized spacial score (nSPS) is 12.6. The van der Waals surface area contributed by atoms with Crippen LogP contribution in [0.15, 0.2) is 77.6 Å². The van der Waals surface area contributed by atoms with Crippen molar-refractivity contribution < 1.29 is 32.3 Å². The van der Waals surface area contributed by atoms with E-state index >= 15 is 0 Å². The van der Waals surface area contributed by atoms with Crippen LogP contribution in [0.25, 0.3) is 12.2 Å². The Morgan fingerprint density at radius 1 is 0.911 bits per heavy atom. The molecule has 4 aromatic rings. The van der Waals surface area contributed by atoms with E-state index in [1.165, 1.54) is 22.8 Å². The van der Waals surface area contributed by atoms with Crippen LogP contribution < -0.4 is 30.1 Å². The second-order valence-corrected chi connectivity index (χ2v) is 12.2. The van der Waals surface area contributed by atoms with Gasteiger partial charge in [-0.2, -0.15) is 0 Å². The number of halogens is 3. The summed E-state index contributed by atoms with van der Waals surface area (Å²) in [4.78, 5) is 51.9. The summed E-state index contributed by atoms with van der Waals surface area (Å²) in [7, 11) is 0. The van der Waals surface area contributed by atoms with Crippen LogP contribution in [0.5, 0.6) is 5.75 Å². The molecule has 8 nitrogen and oxygen atoms in total. The number of Topliss-reactive ketones (excluding diaryl/α,β-unsaturated/α-hetero) is 1. The summed E-state index contributed by atoms with van der Waals surface area (Å²) in [5.74, 6) is -1.64. The number of aryl methyl sites for hydroxylation is 1. The number of carbonyl (C=O) groups is 3. The Kier molecular flexibility index (Phi) is 9.77. The van der Waals surface area contributed by atoms with Crippen LogP contribution in [0.4, 0.5) is 24.5 Å². The highest BCUT2D eigenvalue weighted by Crippen LogP contribution is 2.24. The number of alkyl halides is 3. The second-order valence-electron chi connectivity index (χ2n) is 11.2. The van der Waals surface area contributed by atoms with Crippen molar-refractivity contribution in [1.29, 1.82) is 0 Å². The van der Waals surface area contributed by atoms with Crippen molar-refractivity contribution in [3.05, 3.63) is 109 Å². The third-order valence-electron chi connectivity index (χ3n) is 6.36. The highest BCUT2D eigenvalue weighted by molar-refractivity contribution is 7.07. The molecule has 1 aromatic heterocycles. The minimum atomic E-state index is -4.85. The predicted molar refractivity (Wildman–Crippen MR) is 168 cm³/mol. The molecular weight excluding hydrogens is 607 g/mol. The zero-order chi connectivity index (χ0) is 32.9. The van der Waals surface area contributed by atoms with E-state index in [2.05, 4.69) is 15.4 Å². The molecule has 0 atom stereocenters. The summed E-state index contributed by atoms with van der Waals surface area (Å²) >= 11 is 1.03. The van der Waals surface area contributed by atoms with Gasteiger partial charge in [-0.3, -0.25) is 23.7 Å². The number of hydrogen-bond acceptors (Lipinski definition) is 6. The number of carbonyl (C=O) groups excluding carboxylic acids is 3. The lowest BCUT2D eigenvalue weighted by molar-refractivity contribution is -0.274. The summed E-state index contributed by atoms with van der Waals surface area (Å²) in [6.07, 6.45) is -1.94. The molecular formula is C33H30F3N3O5S. The first-order valence-electron chi connectivity index (χ1n) is 13.7. The van der Waals surface area contributed by atoms with Gasteiger partial charge < -0.3 is 15.4 Å². The lowest BCUT2D eigenvalue weighted by atomic mass is 9.91. The number of ketones is 1. The molecule has 4 rings (SSSR count). The van der Waals surface area contributed by atoms with Gasteiger partial charge in [-0.1, -0.05) is 50.6 Å². The molecule has 0 unspecified atom stereocenters. The van der Waals surface area contributed by atoms with Crippen LogP contribution in [0.1, 0.15) is 42.3 Å². The highest BCUT2D eigenvalue weighted by atomic mass is 32.1. The quantitative estimate of drug-likeness (QED) is 0.275. The van der Waals surface area contributed by atoms with Crippen molar-refractivity contribution in [1.82, 2.24) is 4.57 Å². The first-order valence-corrected chi connectivity index (χ1v) is 14.5. The Morgan fingerprint density at radius 2 is 1.58 bits per heavy atom. The van der Waals surface area contributed by atoms with Gasteiger partial charge in [-0.25, -0.2) is 0 Å². The third kappa shape index (κ3) is 9.26. The Balaban J connectivity index is 1.63. The van der Waals surface area contributed by atoms with Crippen molar-refractivity contribution in [2.45, 2.75) is 40.6 Å². The van der Waals surface area contributed by atoms with Crippen LogP contribution in [-0.4, -0.2) is 28.5 Å². The van der Waals surface area contributed by atoms with Crippen LogP contribution in [0.2, 0.25) is 0 Å². The van der Waals surface area contributed by atoms with E-state index in [4.69, 9.17) is 0 Å². The maximum absolute atomic E-state index is 13.5. The average Bonchev–Trinajstić information content (AvgIpc) is 3.22. The fourth-order valence-electron chi connectivity index (χ4n) is 3.97. The molecule has 3 aromatic carbocycles. The summed E-state index contributed by atoms with van der Waals surface area (Å²) in [5, 5.41) is 5.37. The van der Waals surface area contributed by atoms with E-state index in [1.807, 2.05) is 19.1 Å². The number of ether oxygens (including phenoxy) is 1. The largest absolute Gasteiger partial charge is 0.573 e. The Labute approximate surface area is 260 Å². The Morgan fingerprint density at radius 3 is 2.20 bits per heavy atom. The first-order chi connectivity index (χ1) is 21.1. The number of thiazole rings is 1. The Bertz CT molecular complexity index is 1900. The van der Waals surface area contributed by atoms with E-state index in [-0.39, 0.29) is 26.6 Å². The number of nitrogens with one attached hydrogen (secondary N) is 2. The monoisotopic (exact) mass is 637 g/mol. The average molecular weight is 638 g/mol. The number of hydrogen-bond donors (Lipinski definition) is 2. The summed E-state index contributed by atoms with van der Waals surface area (Å²) in [5.41, 5.74) is 1.53. The zero-order valence-electron chi connectivity index (χ0n) is 24.8. The number of anilines is 2. The van der Waals surface area contributed by atoms with Gasteiger partial charge in [-0.15, -0.1) is 24.5 Å². The molecule has 0 saturated heterocycles. The van der Waals surface area contributed by atoms with Crippen LogP contribution >= 0.6 is 11.3 Å². The summed E-state index contributed by atoms with van der Waals surface area (Å²) in [6.45, 7) is 6.64. The van der Waals surface area contributed by atoms with Gasteiger partial charge in [0.1, 0.15) is 17.0 Å². The molecule has 0 aliphatic carbocycles. The predicted octanol–water partition coefficient (Wildman–Crippen LogP) is 5.23. The van der Waals surface area contributed by atoms with E-state index in [0.717, 1.165) is 29.0 Å². The van der Waals surface area contributed by atoms with E-state index in [0.29, 0.717) is 16.8 Å². The topological polar surface area (TPSA) is 106 Å². The molecule has 2 amide bonds. The van der Waals surface area contributed by atoms with E-state index in [9.17, 15) is 32.3 Å². The second kappa shape index (κ2) is 13.3. The fraction of sp³-hybridized carbons (Fsp3) is 0.212. The van der Waals surface area contributed by atoms with Gasteiger partial charge in [-0.05, 0) is 67.1 Å². The van der Waals surface area contributed by atoms with Crippen LogP contribution in [0.3, 0.4) is 0 Å². The van der Waals surface area contributed by atoms with Crippen molar-refractivity contribution in [2.75, 3.05) is 10.6 Å². The van der Waals surface area contributed by atoms with Gasteiger partial charge in [0.15, 0.2) is 5.78 Å². The third-order valence-corrected chi connectivity index (χ3v) is 7.42. The lowest BCUT2D eigenvalue weighted by Gasteiger charge is -2.13. The van der Waals surface area contributed by atoms with Gasteiger partial charge in [0.2, 0.25) is 5.91 Å². The molecule has 0 aliphatic rings. The molecule has 45 heavy (non-hydrogen) atoms. The summed E-state index contributed by atoms with van der Waals surface area (Å²) < 4.78 is 42.8. The molecule has 234 valence electrons. The molecule has 0 radical (unpaired) electrons. The van der Waals surface area contributed by atoms with E-state index in [1.54, 1.807) is 63.2 Å². The molecule has 12 heteroatoms. The van der Waals surface area contributed by atoms with Gasteiger partial charge in [0, 0.05) is 28.4 Å². The molecule has 0 spiro atoms. The van der Waals surface area contributed by atoms with Crippen molar-refractivity contribution >= 4 is 52.5 Å². The van der Waals surface area contributed by atoms with Crippen molar-refractivity contribution in [2.24, 2.45) is 5.41 Å². The fourth-order valence-corrected chi connectivity index (χ4v) is 5.01. The maximum Gasteiger partial charge on any atom is 0.573 e. The molecule has 0 bridgehead atoms. The van der Waals surface area contributed by atoms with Gasteiger partial charge >= 0.3 is 6.36 Å². The van der Waals surface area contributed by atoms with Gasteiger partial charge in [0.25, 0.3) is 11.5 Å². The SMILES string of the molecule is Cc1ccc(C(=O)Nc2cccc(C=c3sc(=CC(=O)C(C)(C)C)n(CC(=O)Nc4ccc(OC(F)(F)F)cc4)c3=O)c2)cc1. The number of amides is 2. The molecule has 2 N–H and O–H groups in total. The highest BCUT2D eigenvalue weighted by Gasteiger charge is 2.31. The zero-order valence-corrected chi connectivity index (χ0v) is 25.6. The first kappa shape index (κ1) is 32.9. The maximum atomic E-state index is 13.5. The molecule has 1 heterocycles. The molecule has 0 aliphatic heterocycles. The minimum Gasteiger partial charge on any atom is -0.406 e. The number of aromatic nitrogens is 1. The number of nitrogens with zero attached hydrogens (tertiary/aromatic N) is 1. The van der Waals surface area contributed by atoms with E-state index < -0.39 is 35.5 Å².